The van der Waals surface area contributed by atoms with Crippen molar-refractivity contribution >= 4 is 39.6 Å². The molecular formula is C19H23NO3S2. The van der Waals surface area contributed by atoms with Crippen molar-refractivity contribution in [2.45, 2.75) is 47.0 Å². The van der Waals surface area contributed by atoms with Gasteiger partial charge in [0.25, 0.3) is 5.91 Å². The van der Waals surface area contributed by atoms with Crippen molar-refractivity contribution < 1.29 is 14.3 Å². The number of nitrogens with one attached hydrogen (secondary N) is 1. The van der Waals surface area contributed by atoms with E-state index in [-0.39, 0.29) is 11.9 Å². The van der Waals surface area contributed by atoms with E-state index in [1.54, 1.807) is 18.3 Å². The second-order valence-corrected chi connectivity index (χ2v) is 8.75. The van der Waals surface area contributed by atoms with E-state index in [1.807, 2.05) is 19.2 Å². The molecule has 3 rings (SSSR count). The van der Waals surface area contributed by atoms with Gasteiger partial charge in [-0.15, -0.1) is 22.7 Å². The Morgan fingerprint density at radius 3 is 2.84 bits per heavy atom. The van der Waals surface area contributed by atoms with E-state index in [0.29, 0.717) is 23.1 Å². The lowest BCUT2D eigenvalue weighted by Gasteiger charge is -2.18. The third kappa shape index (κ3) is 3.51. The second-order valence-electron chi connectivity index (χ2n) is 6.56. The first kappa shape index (κ1) is 18.1. The van der Waals surface area contributed by atoms with E-state index in [1.165, 1.54) is 21.8 Å². The molecule has 2 heterocycles. The van der Waals surface area contributed by atoms with Crippen LogP contribution in [0.2, 0.25) is 0 Å². The first-order valence-corrected chi connectivity index (χ1v) is 10.3. The minimum absolute atomic E-state index is 0.126. The van der Waals surface area contributed by atoms with Crippen molar-refractivity contribution in [1.29, 1.82) is 0 Å². The van der Waals surface area contributed by atoms with E-state index in [4.69, 9.17) is 4.74 Å². The molecule has 25 heavy (non-hydrogen) atoms. The maximum Gasteiger partial charge on any atom is 0.341 e. The van der Waals surface area contributed by atoms with E-state index in [9.17, 15) is 9.59 Å². The number of thiophene rings is 2. The number of anilines is 1. The van der Waals surface area contributed by atoms with Gasteiger partial charge in [-0.3, -0.25) is 4.79 Å². The average Bonchev–Trinajstić information content (AvgIpc) is 3.09. The highest BCUT2D eigenvalue weighted by Crippen LogP contribution is 2.36. The molecule has 6 heteroatoms. The number of aryl methyl sites for hydroxylation is 1. The molecule has 1 amide bonds. The molecule has 0 bridgehead atoms. The van der Waals surface area contributed by atoms with Crippen molar-refractivity contribution in [2.24, 2.45) is 5.92 Å². The number of hydrogen-bond acceptors (Lipinski definition) is 5. The normalized spacial score (nSPS) is 16.4. The lowest BCUT2D eigenvalue weighted by Crippen LogP contribution is -2.17. The minimum atomic E-state index is -0.374. The molecule has 1 aliphatic rings. The lowest BCUT2D eigenvalue weighted by atomic mass is 9.88. The van der Waals surface area contributed by atoms with Gasteiger partial charge < -0.3 is 10.1 Å². The number of amides is 1. The molecule has 0 saturated heterocycles. The molecular weight excluding hydrogens is 354 g/mol. The average molecular weight is 378 g/mol. The molecule has 1 N–H and O–H groups in total. The summed E-state index contributed by atoms with van der Waals surface area (Å²) in [6.07, 6.45) is 3.13. The maximum atomic E-state index is 12.8. The van der Waals surface area contributed by atoms with E-state index >= 15 is 0 Å². The van der Waals surface area contributed by atoms with Gasteiger partial charge in [0.1, 0.15) is 5.00 Å². The molecule has 0 fully saturated rings. The van der Waals surface area contributed by atoms with Crippen LogP contribution in [0.15, 0.2) is 5.38 Å². The zero-order valence-corrected chi connectivity index (χ0v) is 16.7. The summed E-state index contributed by atoms with van der Waals surface area (Å²) in [5.41, 5.74) is 3.30. The highest BCUT2D eigenvalue weighted by molar-refractivity contribution is 7.17. The van der Waals surface area contributed by atoms with E-state index < -0.39 is 0 Å². The third-order valence-electron chi connectivity index (χ3n) is 4.74. The van der Waals surface area contributed by atoms with Crippen LogP contribution in [0.4, 0.5) is 5.00 Å². The Kier molecular flexibility index (Phi) is 5.29. The van der Waals surface area contributed by atoms with Gasteiger partial charge in [-0.25, -0.2) is 4.79 Å². The highest BCUT2D eigenvalue weighted by atomic mass is 32.1. The van der Waals surface area contributed by atoms with Gasteiger partial charge in [-0.05, 0) is 57.1 Å². The molecule has 0 spiro atoms. The fourth-order valence-corrected chi connectivity index (χ4v) is 5.49. The number of fused-ring (bicyclic) bond motifs is 1. The van der Waals surface area contributed by atoms with Crippen LogP contribution in [0.1, 0.15) is 61.9 Å². The quantitative estimate of drug-likeness (QED) is 0.765. The summed E-state index contributed by atoms with van der Waals surface area (Å²) >= 11 is 3.10. The molecule has 0 saturated carbocycles. The van der Waals surface area contributed by atoms with Crippen LogP contribution in [0.25, 0.3) is 0 Å². The Hall–Kier alpha value is -1.66. The zero-order chi connectivity index (χ0) is 18.1. The van der Waals surface area contributed by atoms with Crippen molar-refractivity contribution in [3.63, 3.8) is 0 Å². The summed E-state index contributed by atoms with van der Waals surface area (Å²) in [7, 11) is 0. The van der Waals surface area contributed by atoms with Crippen molar-refractivity contribution in [3.8, 4) is 0 Å². The van der Waals surface area contributed by atoms with Gasteiger partial charge >= 0.3 is 5.97 Å². The van der Waals surface area contributed by atoms with Crippen LogP contribution in [0.3, 0.4) is 0 Å². The smallest absolute Gasteiger partial charge is 0.341 e. The van der Waals surface area contributed by atoms with Crippen LogP contribution in [0, 0.1) is 19.8 Å². The maximum absolute atomic E-state index is 12.8. The number of esters is 1. The van der Waals surface area contributed by atoms with Gasteiger partial charge in [0, 0.05) is 15.1 Å². The van der Waals surface area contributed by atoms with E-state index in [2.05, 4.69) is 12.2 Å². The predicted octanol–water partition coefficient (Wildman–Crippen LogP) is 4.98. The second kappa shape index (κ2) is 7.30. The summed E-state index contributed by atoms with van der Waals surface area (Å²) < 4.78 is 5.16. The monoisotopic (exact) mass is 377 g/mol. The van der Waals surface area contributed by atoms with Crippen LogP contribution in [-0.2, 0) is 17.6 Å². The number of carbonyl (C=O) groups excluding carboxylic acids is 2. The Labute approximate surface area is 156 Å². The minimum Gasteiger partial charge on any atom is -0.462 e. The molecule has 2 aromatic rings. The molecule has 134 valence electrons. The Morgan fingerprint density at radius 1 is 1.36 bits per heavy atom. The first-order valence-electron chi connectivity index (χ1n) is 8.60. The van der Waals surface area contributed by atoms with Crippen LogP contribution in [-0.4, -0.2) is 18.5 Å². The first-order chi connectivity index (χ1) is 11.9. The van der Waals surface area contributed by atoms with Crippen LogP contribution >= 0.6 is 22.7 Å². The SMILES string of the molecule is CCOC(=O)c1c(NC(=O)c2csc3c2CCC(C)C3)sc(C)c1C. The van der Waals surface area contributed by atoms with E-state index in [0.717, 1.165) is 35.3 Å². The highest BCUT2D eigenvalue weighted by Gasteiger charge is 2.26. The van der Waals surface area contributed by atoms with Crippen molar-refractivity contribution in [1.82, 2.24) is 0 Å². The summed E-state index contributed by atoms with van der Waals surface area (Å²) in [4.78, 5) is 27.4. The number of ether oxygens (including phenoxy) is 1. The molecule has 0 aliphatic heterocycles. The van der Waals surface area contributed by atoms with Crippen LogP contribution < -0.4 is 5.32 Å². The van der Waals surface area contributed by atoms with Gasteiger partial charge in [0.2, 0.25) is 0 Å². The summed E-state index contributed by atoms with van der Waals surface area (Å²) in [5, 5.41) is 5.50. The third-order valence-corrected chi connectivity index (χ3v) is 6.91. The standard InChI is InChI=1S/C19H23NO3S2/c1-5-23-19(22)16-11(3)12(4)25-18(16)20-17(21)14-9-24-15-8-10(2)6-7-13(14)15/h9-10H,5-8H2,1-4H3,(H,20,21). The predicted molar refractivity (Wildman–Crippen MR) is 103 cm³/mol. The van der Waals surface area contributed by atoms with Crippen molar-refractivity contribution in [3.05, 3.63) is 37.4 Å². The molecule has 0 aromatic carbocycles. The zero-order valence-electron chi connectivity index (χ0n) is 15.0. The lowest BCUT2D eigenvalue weighted by molar-refractivity contribution is 0.0527. The van der Waals surface area contributed by atoms with Crippen LogP contribution in [0.5, 0.6) is 0 Å². The van der Waals surface area contributed by atoms with Gasteiger partial charge in [-0.2, -0.15) is 0 Å². The molecule has 1 atom stereocenters. The fraction of sp³-hybridized carbons (Fsp3) is 0.474. The van der Waals surface area contributed by atoms with Gasteiger partial charge in [0.05, 0.1) is 17.7 Å². The fourth-order valence-electron chi connectivity index (χ4n) is 3.20. The summed E-state index contributed by atoms with van der Waals surface area (Å²) in [6.45, 7) is 8.19. The van der Waals surface area contributed by atoms with Gasteiger partial charge in [0.15, 0.2) is 0 Å². The molecule has 0 radical (unpaired) electrons. The topological polar surface area (TPSA) is 55.4 Å². The largest absolute Gasteiger partial charge is 0.462 e. The van der Waals surface area contributed by atoms with Crippen molar-refractivity contribution in [2.75, 3.05) is 11.9 Å². The molecule has 1 unspecified atom stereocenters. The Morgan fingerprint density at radius 2 is 2.12 bits per heavy atom. The Balaban J connectivity index is 1.87. The number of carbonyl (C=O) groups is 2. The Bertz CT molecular complexity index is 819. The number of hydrogen-bond donors (Lipinski definition) is 1. The summed E-state index contributed by atoms with van der Waals surface area (Å²) in [5.74, 6) is 0.180. The molecule has 4 nitrogen and oxygen atoms in total. The molecule has 1 aliphatic carbocycles. The number of rotatable bonds is 4. The summed E-state index contributed by atoms with van der Waals surface area (Å²) in [6, 6.07) is 0. The van der Waals surface area contributed by atoms with Gasteiger partial charge in [-0.1, -0.05) is 6.92 Å². The molecule has 2 aromatic heterocycles.